The molecule has 0 saturated heterocycles. The van der Waals surface area contributed by atoms with E-state index in [1.165, 1.54) is 13.2 Å². The summed E-state index contributed by atoms with van der Waals surface area (Å²) < 4.78 is 4.45. The number of rotatable bonds is 2. The average Bonchev–Trinajstić information content (AvgIpc) is 2.16. The maximum Gasteiger partial charge on any atom is 1.00 e. The molecule has 0 unspecified atom stereocenters. The first-order chi connectivity index (χ1) is 5.83. The van der Waals surface area contributed by atoms with Gasteiger partial charge in [0.15, 0.2) is 0 Å². The number of esters is 1. The molecule has 1 rings (SSSR count). The largest absolute Gasteiger partial charge is 1.00 e. The Balaban J connectivity index is 0. The maximum absolute atomic E-state index is 10.7. The summed E-state index contributed by atoms with van der Waals surface area (Å²) in [4.78, 5) is 10.7. The topological polar surface area (TPSA) is 26.3 Å². The second kappa shape index (κ2) is 6.89. The zero-order valence-electron chi connectivity index (χ0n) is 8.86. The maximum atomic E-state index is 10.7. The van der Waals surface area contributed by atoms with E-state index in [4.69, 9.17) is 0 Å². The molecule has 3 heteroatoms. The summed E-state index contributed by atoms with van der Waals surface area (Å²) in [5.74, 6) is -0.334. The monoisotopic (exact) mass is 186 g/mol. The van der Waals surface area contributed by atoms with E-state index >= 15 is 0 Å². The van der Waals surface area contributed by atoms with Crippen LogP contribution in [0.2, 0.25) is 0 Å². The molecule has 0 amide bonds. The van der Waals surface area contributed by atoms with Gasteiger partial charge in [0.05, 0.1) is 7.11 Å². The summed E-state index contributed by atoms with van der Waals surface area (Å²) in [5.41, 5.74) is 0.989. The van der Waals surface area contributed by atoms with Crippen LogP contribution in [-0.2, 0) is 9.53 Å². The average molecular weight is 186 g/mol. The first-order valence-electron chi connectivity index (χ1n) is 3.64. The van der Waals surface area contributed by atoms with Crippen molar-refractivity contribution in [2.75, 3.05) is 7.11 Å². The number of ether oxygens (including phenoxy) is 1. The second-order valence-electron chi connectivity index (χ2n) is 2.27. The summed E-state index contributed by atoms with van der Waals surface area (Å²) >= 11 is 0. The van der Waals surface area contributed by atoms with Gasteiger partial charge >= 0.3 is 35.5 Å². The quantitative estimate of drug-likeness (QED) is 0.336. The summed E-state index contributed by atoms with van der Waals surface area (Å²) in [7, 11) is 1.36. The molecule has 0 aromatic heterocycles. The van der Waals surface area contributed by atoms with Crippen molar-refractivity contribution in [1.82, 2.24) is 0 Å². The number of hydrogen-bond acceptors (Lipinski definition) is 2. The molecule has 0 spiro atoms. The van der Waals surface area contributed by atoms with Crippen LogP contribution in [0.3, 0.4) is 0 Å². The third-order valence-electron chi connectivity index (χ3n) is 1.41. The van der Waals surface area contributed by atoms with Crippen LogP contribution < -0.4 is 29.6 Å². The Kier molecular flexibility index (Phi) is 6.59. The Bertz CT molecular complexity index is 285. The third-order valence-corrected chi connectivity index (χ3v) is 1.41. The van der Waals surface area contributed by atoms with Gasteiger partial charge in [0.25, 0.3) is 0 Å². The number of carbonyl (C=O) groups is 1. The van der Waals surface area contributed by atoms with Gasteiger partial charge in [0.2, 0.25) is 0 Å². The van der Waals surface area contributed by atoms with Crippen LogP contribution >= 0.6 is 0 Å². The molecule has 0 aliphatic heterocycles. The number of hydrogen-bond donors (Lipinski definition) is 0. The molecular formula is C10H11NaO2. The second-order valence-corrected chi connectivity index (χ2v) is 2.27. The van der Waals surface area contributed by atoms with Gasteiger partial charge < -0.3 is 6.16 Å². The molecule has 0 fully saturated rings. The summed E-state index contributed by atoms with van der Waals surface area (Å²) in [5, 5.41) is 0. The standard InChI is InChI=1S/C10H10O2.Na.H/c1-12-10(11)8-7-9-5-3-2-4-6-9;;/h2-8H,1H3;;/q;+1;-1/b8-7+;;. The van der Waals surface area contributed by atoms with E-state index in [9.17, 15) is 4.79 Å². The van der Waals surface area contributed by atoms with Crippen molar-refractivity contribution >= 4 is 12.0 Å². The van der Waals surface area contributed by atoms with Gasteiger partial charge in [-0.2, -0.15) is 0 Å². The molecule has 0 bridgehead atoms. The van der Waals surface area contributed by atoms with Crippen LogP contribution in [0.1, 0.15) is 6.99 Å². The van der Waals surface area contributed by atoms with E-state index in [-0.39, 0.29) is 37.0 Å². The molecule has 2 nitrogen and oxygen atoms in total. The Morgan fingerprint density at radius 2 is 2.00 bits per heavy atom. The molecule has 0 heterocycles. The van der Waals surface area contributed by atoms with Crippen molar-refractivity contribution < 1.29 is 40.5 Å². The Labute approximate surface area is 101 Å². The SMILES string of the molecule is COC(=O)/C=C/c1ccccc1.[H-].[Na+]. The molecule has 0 N–H and O–H groups in total. The van der Waals surface area contributed by atoms with Crippen LogP contribution in [0.25, 0.3) is 6.08 Å². The summed E-state index contributed by atoms with van der Waals surface area (Å²) in [6.45, 7) is 0. The molecule has 0 radical (unpaired) electrons. The molecular weight excluding hydrogens is 175 g/mol. The molecule has 0 saturated carbocycles. The fraction of sp³-hybridized carbons (Fsp3) is 0.100. The van der Waals surface area contributed by atoms with Crippen LogP contribution in [0.5, 0.6) is 0 Å². The van der Waals surface area contributed by atoms with E-state index in [0.29, 0.717) is 0 Å². The molecule has 13 heavy (non-hydrogen) atoms. The van der Waals surface area contributed by atoms with Crippen molar-refractivity contribution in [3.63, 3.8) is 0 Å². The molecule has 0 aliphatic carbocycles. The van der Waals surface area contributed by atoms with E-state index in [1.54, 1.807) is 6.08 Å². The van der Waals surface area contributed by atoms with Crippen LogP contribution in [0, 0.1) is 0 Å². The molecule has 1 aromatic carbocycles. The molecule has 64 valence electrons. The number of methoxy groups -OCH3 is 1. The predicted octanol–water partition coefficient (Wildman–Crippen LogP) is -1.01. The van der Waals surface area contributed by atoms with E-state index < -0.39 is 0 Å². The fourth-order valence-corrected chi connectivity index (χ4v) is 0.796. The minimum absolute atomic E-state index is 0. The van der Waals surface area contributed by atoms with E-state index in [0.717, 1.165) is 5.56 Å². The van der Waals surface area contributed by atoms with Gasteiger partial charge in [-0.15, -0.1) is 0 Å². The van der Waals surface area contributed by atoms with Gasteiger partial charge in [0, 0.05) is 6.08 Å². The minimum Gasteiger partial charge on any atom is -1.00 e. The van der Waals surface area contributed by atoms with E-state index in [2.05, 4.69) is 4.74 Å². The van der Waals surface area contributed by atoms with Crippen LogP contribution in [0.15, 0.2) is 36.4 Å². The van der Waals surface area contributed by atoms with Crippen molar-refractivity contribution in [2.45, 2.75) is 0 Å². The Morgan fingerprint density at radius 1 is 1.38 bits per heavy atom. The van der Waals surface area contributed by atoms with Crippen molar-refractivity contribution in [3.8, 4) is 0 Å². The van der Waals surface area contributed by atoms with Gasteiger partial charge in [0.1, 0.15) is 0 Å². The zero-order valence-corrected chi connectivity index (χ0v) is 9.86. The minimum atomic E-state index is -0.334. The van der Waals surface area contributed by atoms with E-state index in [1.807, 2.05) is 30.3 Å². The van der Waals surface area contributed by atoms with Crippen molar-refractivity contribution in [2.24, 2.45) is 0 Å². The van der Waals surface area contributed by atoms with Gasteiger partial charge in [-0.25, -0.2) is 4.79 Å². The van der Waals surface area contributed by atoms with Crippen LogP contribution in [-0.4, -0.2) is 13.1 Å². The Hall–Kier alpha value is -0.570. The van der Waals surface area contributed by atoms with Crippen molar-refractivity contribution in [1.29, 1.82) is 0 Å². The Morgan fingerprint density at radius 3 is 2.54 bits per heavy atom. The fourth-order valence-electron chi connectivity index (χ4n) is 0.796. The number of carbonyl (C=O) groups excluding carboxylic acids is 1. The van der Waals surface area contributed by atoms with Gasteiger partial charge in [-0.3, -0.25) is 0 Å². The van der Waals surface area contributed by atoms with Crippen molar-refractivity contribution in [3.05, 3.63) is 42.0 Å². The normalized spacial score (nSPS) is 9.31. The summed E-state index contributed by atoms with van der Waals surface area (Å²) in [6.07, 6.45) is 3.11. The van der Waals surface area contributed by atoms with Gasteiger partial charge in [-0.05, 0) is 11.6 Å². The van der Waals surface area contributed by atoms with Gasteiger partial charge in [-0.1, -0.05) is 30.3 Å². The smallest absolute Gasteiger partial charge is 1.00 e. The molecule has 0 aliphatic rings. The zero-order chi connectivity index (χ0) is 8.81. The summed E-state index contributed by atoms with van der Waals surface area (Å²) in [6, 6.07) is 9.59. The predicted molar refractivity (Wildman–Crippen MR) is 48.6 cm³/mol. The van der Waals surface area contributed by atoms with Crippen LogP contribution in [0.4, 0.5) is 0 Å². The first-order valence-corrected chi connectivity index (χ1v) is 3.64. The first kappa shape index (κ1) is 12.4. The number of benzene rings is 1. The third kappa shape index (κ3) is 4.88. The molecule has 1 aromatic rings. The molecule has 0 atom stereocenters.